The van der Waals surface area contributed by atoms with Crippen LogP contribution in [0.2, 0.25) is 0 Å². The van der Waals surface area contributed by atoms with Crippen molar-refractivity contribution in [3.05, 3.63) is 41.6 Å². The highest BCUT2D eigenvalue weighted by molar-refractivity contribution is 6.31. The maximum Gasteiger partial charge on any atom is 0.152 e. The monoisotopic (exact) mass is 299 g/mol. The van der Waals surface area contributed by atoms with Crippen LogP contribution in [0.1, 0.15) is 31.2 Å². The molecule has 0 atom stereocenters. The summed E-state index contributed by atoms with van der Waals surface area (Å²) in [5.41, 5.74) is 14.4. The van der Waals surface area contributed by atoms with E-state index in [0.717, 1.165) is 31.2 Å². The van der Waals surface area contributed by atoms with Crippen LogP contribution in [0.25, 0.3) is 0 Å². The van der Waals surface area contributed by atoms with Crippen molar-refractivity contribution in [2.45, 2.75) is 37.8 Å². The topological polar surface area (TPSA) is 112 Å². The highest BCUT2D eigenvalue weighted by atomic mass is 16.3. The Morgan fingerprint density at radius 2 is 1.82 bits per heavy atom. The molecular weight excluding hydrogens is 278 g/mol. The summed E-state index contributed by atoms with van der Waals surface area (Å²) < 4.78 is 0. The lowest BCUT2D eigenvalue weighted by Crippen LogP contribution is -2.37. The number of hydrogen-bond donors (Lipinski definition) is 4. The number of nitrogens with zero attached hydrogens (tertiary/aromatic N) is 2. The number of nitrogen functional groups attached to an aromatic ring is 1. The van der Waals surface area contributed by atoms with E-state index in [9.17, 15) is 5.11 Å². The number of aliphatic hydroxyl groups is 1. The summed E-state index contributed by atoms with van der Waals surface area (Å²) in [4.78, 5) is 0. The fraction of sp³-hybridized carbons (Fsp3) is 0.375. The van der Waals surface area contributed by atoms with Gasteiger partial charge in [-0.05, 0) is 37.8 Å². The van der Waals surface area contributed by atoms with E-state index in [4.69, 9.17) is 16.9 Å². The molecule has 6 N–H and O–H groups in total. The highest BCUT2D eigenvalue weighted by Crippen LogP contribution is 2.29. The highest BCUT2D eigenvalue weighted by Gasteiger charge is 2.34. The average molecular weight is 299 g/mol. The Kier molecular flexibility index (Phi) is 3.85. The van der Waals surface area contributed by atoms with Crippen molar-refractivity contribution in [2.24, 2.45) is 10.8 Å². The van der Waals surface area contributed by atoms with Crippen LogP contribution in [0.15, 0.2) is 41.1 Å². The standard InChI is InChI=1S/C16H21N5O/c17-9-14-15(10-1-3-11(18)4-2-10)20-21(16(14)19)12-5-7-13(22)8-6-12/h1-4,9,12-13,19,22H,5-8,17-18H2/b14-9-,19-16?. The number of nitrogens with two attached hydrogens (primary N) is 2. The number of amidine groups is 1. The van der Waals surface area contributed by atoms with E-state index in [1.165, 1.54) is 6.20 Å². The summed E-state index contributed by atoms with van der Waals surface area (Å²) in [7, 11) is 0. The van der Waals surface area contributed by atoms with Gasteiger partial charge in [0.15, 0.2) is 5.84 Å². The Balaban J connectivity index is 1.89. The molecule has 0 amide bonds. The molecule has 6 nitrogen and oxygen atoms in total. The Morgan fingerprint density at radius 1 is 1.18 bits per heavy atom. The van der Waals surface area contributed by atoms with Gasteiger partial charge in [-0.3, -0.25) is 5.41 Å². The number of nitrogens with one attached hydrogen (secondary N) is 1. The Morgan fingerprint density at radius 3 is 2.41 bits per heavy atom. The molecule has 0 unspecified atom stereocenters. The van der Waals surface area contributed by atoms with E-state index in [-0.39, 0.29) is 12.1 Å². The number of hydrogen-bond acceptors (Lipinski definition) is 5. The molecule has 0 bridgehead atoms. The van der Waals surface area contributed by atoms with Gasteiger partial charge in [0.1, 0.15) is 5.71 Å². The third-order valence-corrected chi connectivity index (χ3v) is 4.31. The molecule has 0 spiro atoms. The largest absolute Gasteiger partial charge is 0.404 e. The van der Waals surface area contributed by atoms with E-state index in [1.54, 1.807) is 5.01 Å². The van der Waals surface area contributed by atoms with Crippen LogP contribution in [0.4, 0.5) is 5.69 Å². The third-order valence-electron chi connectivity index (χ3n) is 4.31. The molecule has 1 aromatic carbocycles. The van der Waals surface area contributed by atoms with E-state index in [2.05, 4.69) is 5.10 Å². The summed E-state index contributed by atoms with van der Waals surface area (Å²) in [6.07, 6.45) is 4.39. The minimum absolute atomic E-state index is 0.150. The molecule has 3 rings (SSSR count). The van der Waals surface area contributed by atoms with Crippen molar-refractivity contribution >= 4 is 17.2 Å². The van der Waals surface area contributed by atoms with Gasteiger partial charge in [0.2, 0.25) is 0 Å². The van der Waals surface area contributed by atoms with Gasteiger partial charge in [0.25, 0.3) is 0 Å². The average Bonchev–Trinajstić information content (AvgIpc) is 2.85. The van der Waals surface area contributed by atoms with Gasteiger partial charge in [-0.2, -0.15) is 5.10 Å². The molecule has 0 saturated heterocycles. The SMILES string of the molecule is N=C1/C(=C\N)C(c2ccc(N)cc2)=NN1C1CCC(O)CC1. The van der Waals surface area contributed by atoms with E-state index in [1.807, 2.05) is 24.3 Å². The Hall–Kier alpha value is -2.34. The van der Waals surface area contributed by atoms with E-state index in [0.29, 0.717) is 22.8 Å². The second-order valence-corrected chi connectivity index (χ2v) is 5.81. The lowest BCUT2D eigenvalue weighted by atomic mass is 9.92. The van der Waals surface area contributed by atoms with Crippen LogP contribution in [0.5, 0.6) is 0 Å². The molecule has 1 aliphatic carbocycles. The van der Waals surface area contributed by atoms with Crippen molar-refractivity contribution in [3.63, 3.8) is 0 Å². The fourth-order valence-electron chi connectivity index (χ4n) is 3.03. The number of anilines is 1. The lowest BCUT2D eigenvalue weighted by Gasteiger charge is -2.31. The molecule has 1 fully saturated rings. The zero-order valence-corrected chi connectivity index (χ0v) is 12.4. The van der Waals surface area contributed by atoms with Crippen molar-refractivity contribution in [1.29, 1.82) is 5.41 Å². The van der Waals surface area contributed by atoms with Crippen LogP contribution >= 0.6 is 0 Å². The normalized spacial score (nSPS) is 27.3. The first-order valence-electron chi connectivity index (χ1n) is 7.53. The lowest BCUT2D eigenvalue weighted by molar-refractivity contribution is 0.0982. The number of hydrazone groups is 1. The zero-order chi connectivity index (χ0) is 15.7. The number of aliphatic hydroxyl groups excluding tert-OH is 1. The number of benzene rings is 1. The summed E-state index contributed by atoms with van der Waals surface area (Å²) >= 11 is 0. The summed E-state index contributed by atoms with van der Waals surface area (Å²) in [6.45, 7) is 0. The molecule has 0 aromatic heterocycles. The van der Waals surface area contributed by atoms with Gasteiger partial charge >= 0.3 is 0 Å². The van der Waals surface area contributed by atoms with Gasteiger partial charge in [-0.25, -0.2) is 5.01 Å². The summed E-state index contributed by atoms with van der Waals surface area (Å²) in [5, 5.41) is 24.4. The van der Waals surface area contributed by atoms with Gasteiger partial charge in [-0.1, -0.05) is 12.1 Å². The molecule has 1 heterocycles. The van der Waals surface area contributed by atoms with E-state index >= 15 is 0 Å². The maximum atomic E-state index is 9.64. The first-order valence-corrected chi connectivity index (χ1v) is 7.53. The zero-order valence-electron chi connectivity index (χ0n) is 12.4. The maximum absolute atomic E-state index is 9.64. The molecule has 0 radical (unpaired) electrons. The van der Waals surface area contributed by atoms with Gasteiger partial charge in [0, 0.05) is 17.5 Å². The van der Waals surface area contributed by atoms with Crippen LogP contribution in [-0.2, 0) is 0 Å². The number of rotatable bonds is 2. The minimum Gasteiger partial charge on any atom is -0.404 e. The van der Waals surface area contributed by atoms with Gasteiger partial charge in [0.05, 0.1) is 17.7 Å². The molecule has 22 heavy (non-hydrogen) atoms. The predicted molar refractivity (Wildman–Crippen MR) is 87.5 cm³/mol. The third kappa shape index (κ3) is 2.57. The van der Waals surface area contributed by atoms with Crippen molar-refractivity contribution in [2.75, 3.05) is 5.73 Å². The van der Waals surface area contributed by atoms with Gasteiger partial charge < -0.3 is 16.6 Å². The Bertz CT molecular complexity index is 626. The van der Waals surface area contributed by atoms with E-state index < -0.39 is 0 Å². The predicted octanol–water partition coefficient (Wildman–Crippen LogP) is 1.41. The van der Waals surface area contributed by atoms with Crippen LogP contribution in [0.3, 0.4) is 0 Å². The summed E-state index contributed by atoms with van der Waals surface area (Å²) in [6, 6.07) is 7.56. The smallest absolute Gasteiger partial charge is 0.152 e. The molecule has 2 aliphatic rings. The molecule has 1 aliphatic heterocycles. The molecule has 1 saturated carbocycles. The second-order valence-electron chi connectivity index (χ2n) is 5.81. The summed E-state index contributed by atoms with van der Waals surface area (Å²) in [5.74, 6) is 0.329. The van der Waals surface area contributed by atoms with Gasteiger partial charge in [-0.15, -0.1) is 0 Å². The molecular formula is C16H21N5O. The fourth-order valence-corrected chi connectivity index (χ4v) is 3.03. The quantitative estimate of drug-likeness (QED) is 0.618. The van der Waals surface area contributed by atoms with Crippen LogP contribution in [-0.4, -0.2) is 33.8 Å². The Labute approximate surface area is 129 Å². The van der Waals surface area contributed by atoms with Crippen molar-refractivity contribution < 1.29 is 5.11 Å². The first kappa shape index (κ1) is 14.6. The van der Waals surface area contributed by atoms with Crippen molar-refractivity contribution in [1.82, 2.24) is 5.01 Å². The minimum atomic E-state index is -0.224. The molecule has 116 valence electrons. The van der Waals surface area contributed by atoms with Crippen molar-refractivity contribution in [3.8, 4) is 0 Å². The molecule has 1 aromatic rings. The van der Waals surface area contributed by atoms with Crippen LogP contribution in [0, 0.1) is 5.41 Å². The first-order chi connectivity index (χ1) is 10.6. The van der Waals surface area contributed by atoms with Crippen LogP contribution < -0.4 is 11.5 Å². The second kappa shape index (κ2) is 5.81. The molecule has 6 heteroatoms.